The predicted octanol–water partition coefficient (Wildman–Crippen LogP) is 3.98. The number of nitrogens with zero attached hydrogens (tertiary/aromatic N) is 1. The van der Waals surface area contributed by atoms with Gasteiger partial charge in [-0.05, 0) is 31.0 Å². The van der Waals surface area contributed by atoms with Crippen molar-refractivity contribution < 1.29 is 4.79 Å². The Balaban J connectivity index is 2.39. The molecular weight excluding hydrogens is 248 g/mol. The maximum Gasteiger partial charge on any atom is 0.222 e. The first kappa shape index (κ1) is 16.5. The summed E-state index contributed by atoms with van der Waals surface area (Å²) in [5.41, 5.74) is 7.63. The number of amides is 1. The van der Waals surface area contributed by atoms with Gasteiger partial charge in [-0.1, -0.05) is 44.7 Å². The molecule has 0 aliphatic carbocycles. The molecule has 1 amide bonds. The van der Waals surface area contributed by atoms with Crippen LogP contribution in [0.5, 0.6) is 0 Å². The molecule has 3 heteroatoms. The molecule has 0 atom stereocenters. The van der Waals surface area contributed by atoms with Crippen LogP contribution >= 0.6 is 0 Å². The molecule has 0 fully saturated rings. The van der Waals surface area contributed by atoms with Gasteiger partial charge in [0.05, 0.1) is 0 Å². The van der Waals surface area contributed by atoms with Crippen LogP contribution in [0.4, 0.5) is 5.69 Å². The number of carbonyl (C=O) groups is 1. The van der Waals surface area contributed by atoms with Crippen molar-refractivity contribution in [1.29, 1.82) is 0 Å². The fourth-order valence-corrected chi connectivity index (χ4v) is 2.33. The molecular formula is C17H28N2O. The van der Waals surface area contributed by atoms with Gasteiger partial charge in [-0.2, -0.15) is 0 Å². The van der Waals surface area contributed by atoms with Gasteiger partial charge in [0.15, 0.2) is 0 Å². The zero-order chi connectivity index (χ0) is 14.8. The van der Waals surface area contributed by atoms with E-state index in [1.165, 1.54) is 19.3 Å². The van der Waals surface area contributed by atoms with E-state index in [0.717, 1.165) is 30.6 Å². The van der Waals surface area contributed by atoms with Crippen LogP contribution in [0.2, 0.25) is 0 Å². The molecule has 3 nitrogen and oxygen atoms in total. The highest BCUT2D eigenvalue weighted by molar-refractivity contribution is 5.76. The highest BCUT2D eigenvalue weighted by Crippen LogP contribution is 2.12. The van der Waals surface area contributed by atoms with Crippen LogP contribution in [0.3, 0.4) is 0 Å². The van der Waals surface area contributed by atoms with Crippen molar-refractivity contribution in [2.45, 2.75) is 58.9 Å². The molecule has 1 aromatic rings. The average Bonchev–Trinajstić information content (AvgIpc) is 2.44. The summed E-state index contributed by atoms with van der Waals surface area (Å²) in [6.45, 7) is 5.65. The monoisotopic (exact) mass is 276 g/mol. The van der Waals surface area contributed by atoms with Crippen molar-refractivity contribution in [2.75, 3.05) is 12.3 Å². The summed E-state index contributed by atoms with van der Waals surface area (Å²) in [6.07, 6.45) is 6.59. The van der Waals surface area contributed by atoms with Crippen molar-refractivity contribution in [2.24, 2.45) is 0 Å². The van der Waals surface area contributed by atoms with Crippen LogP contribution in [-0.4, -0.2) is 17.4 Å². The quantitative estimate of drug-likeness (QED) is 0.548. The Morgan fingerprint density at radius 3 is 2.55 bits per heavy atom. The zero-order valence-electron chi connectivity index (χ0n) is 12.9. The minimum Gasteiger partial charge on any atom is -0.399 e. The lowest BCUT2D eigenvalue weighted by atomic mass is 10.1. The SMILES string of the molecule is CCCCCCCC(=O)N(CC)Cc1cccc(N)c1. The largest absolute Gasteiger partial charge is 0.399 e. The number of rotatable bonds is 9. The molecule has 0 aromatic heterocycles. The number of benzene rings is 1. The van der Waals surface area contributed by atoms with Gasteiger partial charge in [-0.15, -0.1) is 0 Å². The summed E-state index contributed by atoms with van der Waals surface area (Å²) in [4.78, 5) is 14.1. The van der Waals surface area contributed by atoms with E-state index in [2.05, 4.69) is 6.92 Å². The molecule has 0 heterocycles. The third-order valence-electron chi connectivity index (χ3n) is 3.55. The first-order valence-electron chi connectivity index (χ1n) is 7.79. The van der Waals surface area contributed by atoms with Gasteiger partial charge in [-0.3, -0.25) is 4.79 Å². The fourth-order valence-electron chi connectivity index (χ4n) is 2.33. The lowest BCUT2D eigenvalue weighted by Gasteiger charge is -2.21. The number of hydrogen-bond donors (Lipinski definition) is 1. The summed E-state index contributed by atoms with van der Waals surface area (Å²) in [5.74, 6) is 0.256. The van der Waals surface area contributed by atoms with E-state index in [-0.39, 0.29) is 5.91 Å². The molecule has 112 valence electrons. The molecule has 0 aliphatic heterocycles. The van der Waals surface area contributed by atoms with Crippen molar-refractivity contribution in [3.8, 4) is 0 Å². The van der Waals surface area contributed by atoms with E-state index in [1.54, 1.807) is 0 Å². The number of carbonyl (C=O) groups excluding carboxylic acids is 1. The third kappa shape index (κ3) is 6.09. The maximum absolute atomic E-state index is 12.2. The molecule has 0 spiro atoms. The van der Waals surface area contributed by atoms with Gasteiger partial charge < -0.3 is 10.6 Å². The second-order valence-corrected chi connectivity index (χ2v) is 5.32. The van der Waals surface area contributed by atoms with Crippen LogP contribution < -0.4 is 5.73 Å². The molecule has 0 saturated heterocycles. The Morgan fingerprint density at radius 1 is 1.15 bits per heavy atom. The Morgan fingerprint density at radius 2 is 1.90 bits per heavy atom. The normalized spacial score (nSPS) is 10.5. The van der Waals surface area contributed by atoms with E-state index in [0.29, 0.717) is 13.0 Å². The lowest BCUT2D eigenvalue weighted by molar-refractivity contribution is -0.131. The number of anilines is 1. The maximum atomic E-state index is 12.2. The van der Waals surface area contributed by atoms with E-state index >= 15 is 0 Å². The Kier molecular flexibility index (Phi) is 7.78. The highest BCUT2D eigenvalue weighted by Gasteiger charge is 2.11. The summed E-state index contributed by atoms with van der Waals surface area (Å²) in [6, 6.07) is 7.77. The number of hydrogen-bond acceptors (Lipinski definition) is 2. The molecule has 0 unspecified atom stereocenters. The second-order valence-electron chi connectivity index (χ2n) is 5.32. The topological polar surface area (TPSA) is 46.3 Å². The highest BCUT2D eigenvalue weighted by atomic mass is 16.2. The minimum atomic E-state index is 0.256. The summed E-state index contributed by atoms with van der Waals surface area (Å²) in [7, 11) is 0. The standard InChI is InChI=1S/C17H28N2O/c1-3-5-6-7-8-12-17(20)19(4-2)14-15-10-9-11-16(18)13-15/h9-11,13H,3-8,12,14,18H2,1-2H3. The summed E-state index contributed by atoms with van der Waals surface area (Å²) in [5, 5.41) is 0. The first-order valence-corrected chi connectivity index (χ1v) is 7.79. The molecule has 20 heavy (non-hydrogen) atoms. The molecule has 0 bridgehead atoms. The fraction of sp³-hybridized carbons (Fsp3) is 0.588. The van der Waals surface area contributed by atoms with E-state index in [4.69, 9.17) is 5.73 Å². The molecule has 0 radical (unpaired) electrons. The second kappa shape index (κ2) is 9.40. The molecule has 1 aromatic carbocycles. The van der Waals surface area contributed by atoms with Crippen LogP contribution in [0.1, 0.15) is 57.9 Å². The van der Waals surface area contributed by atoms with Gasteiger partial charge in [-0.25, -0.2) is 0 Å². The minimum absolute atomic E-state index is 0.256. The Bertz CT molecular complexity index is 404. The average molecular weight is 276 g/mol. The molecule has 0 saturated carbocycles. The number of unbranched alkanes of at least 4 members (excludes halogenated alkanes) is 4. The van der Waals surface area contributed by atoms with Gasteiger partial charge in [0, 0.05) is 25.2 Å². The van der Waals surface area contributed by atoms with Crippen molar-refractivity contribution in [3.63, 3.8) is 0 Å². The van der Waals surface area contributed by atoms with Crippen LogP contribution in [0, 0.1) is 0 Å². The summed E-state index contributed by atoms with van der Waals surface area (Å²) < 4.78 is 0. The number of nitrogen functional groups attached to an aromatic ring is 1. The van der Waals surface area contributed by atoms with E-state index in [9.17, 15) is 4.79 Å². The smallest absolute Gasteiger partial charge is 0.222 e. The molecule has 2 N–H and O–H groups in total. The van der Waals surface area contributed by atoms with Crippen LogP contribution in [0.15, 0.2) is 24.3 Å². The van der Waals surface area contributed by atoms with Crippen molar-refractivity contribution >= 4 is 11.6 Å². The lowest BCUT2D eigenvalue weighted by Crippen LogP contribution is -2.30. The zero-order valence-corrected chi connectivity index (χ0v) is 12.9. The third-order valence-corrected chi connectivity index (χ3v) is 3.55. The van der Waals surface area contributed by atoms with E-state index in [1.807, 2.05) is 36.1 Å². The molecule has 0 aliphatic rings. The first-order chi connectivity index (χ1) is 9.67. The van der Waals surface area contributed by atoms with Crippen molar-refractivity contribution in [1.82, 2.24) is 4.90 Å². The van der Waals surface area contributed by atoms with Gasteiger partial charge in [0.2, 0.25) is 5.91 Å². The Hall–Kier alpha value is -1.51. The number of nitrogens with two attached hydrogens (primary N) is 1. The van der Waals surface area contributed by atoms with Crippen LogP contribution in [-0.2, 0) is 11.3 Å². The van der Waals surface area contributed by atoms with E-state index < -0.39 is 0 Å². The molecule has 1 rings (SSSR count). The van der Waals surface area contributed by atoms with Gasteiger partial charge >= 0.3 is 0 Å². The van der Waals surface area contributed by atoms with Gasteiger partial charge in [0.25, 0.3) is 0 Å². The van der Waals surface area contributed by atoms with Crippen molar-refractivity contribution in [3.05, 3.63) is 29.8 Å². The summed E-state index contributed by atoms with van der Waals surface area (Å²) >= 11 is 0. The van der Waals surface area contributed by atoms with Gasteiger partial charge in [0.1, 0.15) is 0 Å². The predicted molar refractivity (Wildman–Crippen MR) is 85.3 cm³/mol. The Labute approximate surface area is 123 Å². The van der Waals surface area contributed by atoms with Crippen LogP contribution in [0.25, 0.3) is 0 Å².